The Bertz CT molecular complexity index is 935. The summed E-state index contributed by atoms with van der Waals surface area (Å²) in [7, 11) is 0. The zero-order valence-corrected chi connectivity index (χ0v) is 15.4. The highest BCUT2D eigenvalue weighted by Crippen LogP contribution is 2.38. The average molecular weight is 364 g/mol. The Morgan fingerprint density at radius 1 is 1.35 bits per heavy atom. The van der Waals surface area contributed by atoms with Crippen LogP contribution in [0, 0.1) is 6.92 Å². The number of nitrogens with one attached hydrogen (secondary N) is 1. The van der Waals surface area contributed by atoms with Crippen LogP contribution in [0.4, 0.5) is 5.69 Å². The Labute approximate surface area is 156 Å². The molecule has 132 valence electrons. The largest absolute Gasteiger partial charge is 0.493 e. The fourth-order valence-electron chi connectivity index (χ4n) is 3.42. The van der Waals surface area contributed by atoms with Crippen LogP contribution >= 0.6 is 11.3 Å². The molecule has 0 fully saturated rings. The van der Waals surface area contributed by atoms with Gasteiger partial charge in [0.2, 0.25) is 0 Å². The SMILES string of the molecule is Cc1sccc1-c1ccc2c(c1)OCC[C@@H]2CNc1cnccc1C=O. The van der Waals surface area contributed by atoms with Crippen molar-refractivity contribution in [2.45, 2.75) is 19.3 Å². The minimum atomic E-state index is 0.344. The molecule has 26 heavy (non-hydrogen) atoms. The smallest absolute Gasteiger partial charge is 0.152 e. The third-order valence-corrected chi connectivity index (χ3v) is 5.71. The molecule has 2 aromatic heterocycles. The van der Waals surface area contributed by atoms with Gasteiger partial charge < -0.3 is 10.1 Å². The minimum absolute atomic E-state index is 0.344. The van der Waals surface area contributed by atoms with E-state index in [4.69, 9.17) is 4.74 Å². The highest BCUT2D eigenvalue weighted by molar-refractivity contribution is 7.10. The molecule has 1 atom stereocenters. The number of hydrogen-bond donors (Lipinski definition) is 1. The predicted octanol–water partition coefficient (Wildman–Crippen LogP) is 4.91. The van der Waals surface area contributed by atoms with Crippen molar-refractivity contribution in [3.05, 3.63) is 64.1 Å². The molecular formula is C21H20N2O2S. The Kier molecular flexibility index (Phi) is 4.71. The predicted molar refractivity (Wildman–Crippen MR) is 105 cm³/mol. The number of anilines is 1. The molecule has 0 saturated heterocycles. The van der Waals surface area contributed by atoms with Gasteiger partial charge in [-0.1, -0.05) is 12.1 Å². The Morgan fingerprint density at radius 3 is 3.08 bits per heavy atom. The van der Waals surface area contributed by atoms with Crippen LogP contribution in [0.1, 0.15) is 33.1 Å². The summed E-state index contributed by atoms with van der Waals surface area (Å²) in [4.78, 5) is 16.6. The summed E-state index contributed by atoms with van der Waals surface area (Å²) in [5.74, 6) is 1.31. The molecule has 4 rings (SSSR count). The van der Waals surface area contributed by atoms with Crippen LogP contribution in [0.25, 0.3) is 11.1 Å². The Hall–Kier alpha value is -2.66. The topological polar surface area (TPSA) is 51.2 Å². The molecule has 0 unspecified atom stereocenters. The van der Waals surface area contributed by atoms with Gasteiger partial charge in [-0.15, -0.1) is 11.3 Å². The maximum atomic E-state index is 11.2. The molecular weight excluding hydrogens is 344 g/mol. The van der Waals surface area contributed by atoms with Crippen molar-refractivity contribution < 1.29 is 9.53 Å². The number of carbonyl (C=O) groups is 1. The lowest BCUT2D eigenvalue weighted by atomic mass is 9.91. The first-order valence-corrected chi connectivity index (χ1v) is 9.58. The monoisotopic (exact) mass is 364 g/mol. The van der Waals surface area contributed by atoms with E-state index < -0.39 is 0 Å². The van der Waals surface area contributed by atoms with Crippen molar-refractivity contribution in [1.82, 2.24) is 4.98 Å². The molecule has 1 aliphatic rings. The number of rotatable bonds is 5. The summed E-state index contributed by atoms with van der Waals surface area (Å²) in [6.07, 6.45) is 5.14. The molecule has 0 saturated carbocycles. The van der Waals surface area contributed by atoms with E-state index in [2.05, 4.69) is 46.9 Å². The van der Waals surface area contributed by atoms with Gasteiger partial charge in [-0.05, 0) is 53.6 Å². The molecule has 0 radical (unpaired) electrons. The van der Waals surface area contributed by atoms with Crippen LogP contribution in [0.3, 0.4) is 0 Å². The van der Waals surface area contributed by atoms with Crippen molar-refractivity contribution in [3.63, 3.8) is 0 Å². The molecule has 1 N–H and O–H groups in total. The number of hydrogen-bond acceptors (Lipinski definition) is 5. The average Bonchev–Trinajstić information content (AvgIpc) is 3.12. The first kappa shape index (κ1) is 16.8. The molecule has 4 nitrogen and oxygen atoms in total. The van der Waals surface area contributed by atoms with Crippen molar-refractivity contribution in [3.8, 4) is 16.9 Å². The van der Waals surface area contributed by atoms with Gasteiger partial charge in [-0.3, -0.25) is 9.78 Å². The molecule has 5 heteroatoms. The first-order chi connectivity index (χ1) is 12.8. The zero-order valence-electron chi connectivity index (χ0n) is 14.6. The quantitative estimate of drug-likeness (QED) is 0.654. The van der Waals surface area contributed by atoms with Crippen LogP contribution in [0.5, 0.6) is 5.75 Å². The highest BCUT2D eigenvalue weighted by Gasteiger charge is 2.22. The second-order valence-corrected chi connectivity index (χ2v) is 7.56. The lowest BCUT2D eigenvalue weighted by molar-refractivity contribution is 0.112. The van der Waals surface area contributed by atoms with E-state index in [1.165, 1.54) is 21.6 Å². The van der Waals surface area contributed by atoms with Crippen LogP contribution in [0.2, 0.25) is 0 Å². The maximum Gasteiger partial charge on any atom is 0.152 e. The van der Waals surface area contributed by atoms with Crippen molar-refractivity contribution in [2.75, 3.05) is 18.5 Å². The molecule has 0 amide bonds. The van der Waals surface area contributed by atoms with Crippen LogP contribution in [-0.4, -0.2) is 24.4 Å². The summed E-state index contributed by atoms with van der Waals surface area (Å²) in [6, 6.07) is 10.4. The Balaban J connectivity index is 1.56. The van der Waals surface area contributed by atoms with Gasteiger partial charge in [-0.25, -0.2) is 0 Å². The normalized spacial score (nSPS) is 15.8. The molecule has 1 aliphatic heterocycles. The number of aldehydes is 1. The van der Waals surface area contributed by atoms with Gasteiger partial charge in [0.25, 0.3) is 0 Å². The molecule has 3 heterocycles. The summed E-state index contributed by atoms with van der Waals surface area (Å²) in [5.41, 5.74) is 5.10. The number of thiophene rings is 1. The third kappa shape index (κ3) is 3.22. The van der Waals surface area contributed by atoms with Crippen LogP contribution in [-0.2, 0) is 0 Å². The number of benzene rings is 1. The van der Waals surface area contributed by atoms with Gasteiger partial charge in [0.05, 0.1) is 18.5 Å². The number of pyridine rings is 1. The van der Waals surface area contributed by atoms with Crippen molar-refractivity contribution >= 4 is 23.3 Å². The molecule has 0 aliphatic carbocycles. The summed E-state index contributed by atoms with van der Waals surface area (Å²) in [6.45, 7) is 3.60. The number of fused-ring (bicyclic) bond motifs is 1. The van der Waals surface area contributed by atoms with Crippen molar-refractivity contribution in [1.29, 1.82) is 0 Å². The van der Waals surface area contributed by atoms with Gasteiger partial charge in [0, 0.05) is 29.1 Å². The lowest BCUT2D eigenvalue weighted by Gasteiger charge is -2.27. The number of ether oxygens (including phenoxy) is 1. The second-order valence-electron chi connectivity index (χ2n) is 6.44. The molecule has 0 spiro atoms. The fraction of sp³-hybridized carbons (Fsp3) is 0.238. The molecule has 0 bridgehead atoms. The maximum absolute atomic E-state index is 11.2. The number of nitrogens with zero attached hydrogens (tertiary/aromatic N) is 1. The summed E-state index contributed by atoms with van der Waals surface area (Å²) < 4.78 is 5.94. The third-order valence-electron chi connectivity index (χ3n) is 4.87. The number of aromatic nitrogens is 1. The van der Waals surface area contributed by atoms with Gasteiger partial charge >= 0.3 is 0 Å². The van der Waals surface area contributed by atoms with Crippen molar-refractivity contribution in [2.24, 2.45) is 0 Å². The first-order valence-electron chi connectivity index (χ1n) is 8.70. The lowest BCUT2D eigenvalue weighted by Crippen LogP contribution is -2.21. The summed E-state index contributed by atoms with van der Waals surface area (Å²) in [5, 5.41) is 5.50. The van der Waals surface area contributed by atoms with E-state index in [9.17, 15) is 4.79 Å². The number of aryl methyl sites for hydroxylation is 1. The van der Waals surface area contributed by atoms with Gasteiger partial charge in [0.1, 0.15) is 5.75 Å². The second kappa shape index (κ2) is 7.30. The van der Waals surface area contributed by atoms with E-state index in [0.717, 1.165) is 30.7 Å². The van der Waals surface area contributed by atoms with E-state index in [1.54, 1.807) is 29.8 Å². The highest BCUT2D eigenvalue weighted by atomic mass is 32.1. The van der Waals surface area contributed by atoms with Gasteiger partial charge in [0.15, 0.2) is 6.29 Å². The molecule has 3 aromatic rings. The van der Waals surface area contributed by atoms with E-state index >= 15 is 0 Å². The minimum Gasteiger partial charge on any atom is -0.493 e. The standard InChI is InChI=1S/C21H20N2O2S/c1-14-18(6-9-26-14)15-2-3-19-16(5-8-25-21(19)10-15)11-23-20-12-22-7-4-17(20)13-24/h2-4,6-7,9-10,12-13,16,23H,5,8,11H2,1H3/t16-/m1/s1. The van der Waals surface area contributed by atoms with Crippen LogP contribution < -0.4 is 10.1 Å². The number of carbonyl (C=O) groups excluding carboxylic acids is 1. The summed E-state index contributed by atoms with van der Waals surface area (Å²) >= 11 is 1.76. The fourth-order valence-corrected chi connectivity index (χ4v) is 4.14. The van der Waals surface area contributed by atoms with Crippen LogP contribution in [0.15, 0.2) is 48.1 Å². The Morgan fingerprint density at radius 2 is 2.27 bits per heavy atom. The van der Waals surface area contributed by atoms with Gasteiger partial charge in [-0.2, -0.15) is 0 Å². The van der Waals surface area contributed by atoms with E-state index in [1.807, 2.05) is 0 Å². The molecule has 1 aromatic carbocycles. The van der Waals surface area contributed by atoms with E-state index in [-0.39, 0.29) is 0 Å². The zero-order chi connectivity index (χ0) is 17.9. The van der Waals surface area contributed by atoms with E-state index in [0.29, 0.717) is 18.1 Å².